The number of carbonyl (C=O) groups is 2. The molecule has 0 saturated carbocycles. The second-order valence-electron chi connectivity index (χ2n) is 4.30. The van der Waals surface area contributed by atoms with E-state index in [0.717, 1.165) is 0 Å². The first-order valence-corrected chi connectivity index (χ1v) is 5.16. The Bertz CT molecular complexity index is 272. The summed E-state index contributed by atoms with van der Waals surface area (Å²) in [6.07, 6.45) is 0. The van der Waals surface area contributed by atoms with Crippen LogP contribution in [0.25, 0.3) is 0 Å². The minimum absolute atomic E-state index is 0.0522. The molecule has 0 aromatic rings. The van der Waals surface area contributed by atoms with Gasteiger partial charge >= 0.3 is 5.97 Å². The summed E-state index contributed by atoms with van der Waals surface area (Å²) in [4.78, 5) is 24.4. The summed E-state index contributed by atoms with van der Waals surface area (Å²) in [5.74, 6) is -1.09. The van der Waals surface area contributed by atoms with Crippen LogP contribution < -0.4 is 5.32 Å². The molecular formula is C10H18N2O3. The van der Waals surface area contributed by atoms with E-state index >= 15 is 0 Å². The number of carboxylic acid groups (broad SMARTS) is 1. The van der Waals surface area contributed by atoms with Gasteiger partial charge in [-0.3, -0.25) is 4.79 Å². The van der Waals surface area contributed by atoms with E-state index in [9.17, 15) is 9.59 Å². The Balaban J connectivity index is 2.77. The van der Waals surface area contributed by atoms with E-state index in [-0.39, 0.29) is 11.8 Å². The number of hydrogen-bond donors (Lipinski definition) is 2. The van der Waals surface area contributed by atoms with Gasteiger partial charge in [-0.15, -0.1) is 0 Å². The number of likely N-dealkylation sites (N-methyl/N-ethyl adjacent to an activating group) is 1. The second kappa shape index (κ2) is 4.18. The van der Waals surface area contributed by atoms with Gasteiger partial charge in [-0.05, 0) is 20.8 Å². The van der Waals surface area contributed by atoms with Crippen LogP contribution in [0.2, 0.25) is 0 Å². The summed E-state index contributed by atoms with van der Waals surface area (Å²) < 4.78 is 0. The molecule has 0 aromatic carbocycles. The normalized spacial score (nSPS) is 17.0. The Morgan fingerprint density at radius 1 is 1.47 bits per heavy atom. The molecule has 1 saturated heterocycles. The second-order valence-corrected chi connectivity index (χ2v) is 4.30. The first-order chi connectivity index (χ1) is 6.91. The van der Waals surface area contributed by atoms with E-state index in [1.807, 2.05) is 0 Å². The molecule has 0 atom stereocenters. The van der Waals surface area contributed by atoms with Crippen molar-refractivity contribution in [3.63, 3.8) is 0 Å². The maximum atomic E-state index is 11.9. The number of carboxylic acids is 1. The Labute approximate surface area is 89.4 Å². The lowest BCUT2D eigenvalue weighted by Gasteiger charge is -2.39. The van der Waals surface area contributed by atoms with E-state index in [0.29, 0.717) is 19.6 Å². The summed E-state index contributed by atoms with van der Waals surface area (Å²) in [6, 6.07) is 0. The van der Waals surface area contributed by atoms with E-state index in [1.165, 1.54) is 4.90 Å². The molecule has 1 aliphatic heterocycles. The van der Waals surface area contributed by atoms with Crippen LogP contribution in [0, 0.1) is 5.92 Å². The van der Waals surface area contributed by atoms with Gasteiger partial charge in [0.2, 0.25) is 5.91 Å². The van der Waals surface area contributed by atoms with Crippen molar-refractivity contribution in [2.45, 2.75) is 26.3 Å². The Morgan fingerprint density at radius 3 is 2.27 bits per heavy atom. The maximum absolute atomic E-state index is 11.9. The number of carbonyl (C=O) groups excluding carboxylic acids is 1. The molecule has 1 fully saturated rings. The molecular weight excluding hydrogens is 196 g/mol. The number of nitrogens with zero attached hydrogens (tertiary/aromatic N) is 1. The quantitative estimate of drug-likeness (QED) is 0.686. The van der Waals surface area contributed by atoms with Gasteiger partial charge in [-0.1, -0.05) is 0 Å². The third kappa shape index (κ3) is 2.12. The van der Waals surface area contributed by atoms with Crippen molar-refractivity contribution < 1.29 is 14.7 Å². The van der Waals surface area contributed by atoms with E-state index < -0.39 is 11.5 Å². The number of hydrogen-bond acceptors (Lipinski definition) is 3. The lowest BCUT2D eigenvalue weighted by Crippen LogP contribution is -2.59. The Hall–Kier alpha value is -1.10. The molecule has 2 N–H and O–H groups in total. The summed E-state index contributed by atoms with van der Waals surface area (Å²) in [5.41, 5.74) is -1.12. The maximum Gasteiger partial charge on any atom is 0.329 e. The van der Waals surface area contributed by atoms with E-state index in [4.69, 9.17) is 5.11 Å². The first kappa shape index (κ1) is 12.0. The Morgan fingerprint density at radius 2 is 2.00 bits per heavy atom. The van der Waals surface area contributed by atoms with Gasteiger partial charge in [0, 0.05) is 19.6 Å². The molecule has 0 radical (unpaired) electrons. The molecule has 1 heterocycles. The van der Waals surface area contributed by atoms with Crippen LogP contribution >= 0.6 is 0 Å². The smallest absolute Gasteiger partial charge is 0.329 e. The van der Waals surface area contributed by atoms with Crippen molar-refractivity contribution in [2.75, 3.05) is 19.6 Å². The fraction of sp³-hybridized carbons (Fsp3) is 0.800. The zero-order valence-electron chi connectivity index (χ0n) is 9.41. The third-order valence-electron chi connectivity index (χ3n) is 2.91. The van der Waals surface area contributed by atoms with Crippen LogP contribution in [0.3, 0.4) is 0 Å². The van der Waals surface area contributed by atoms with Crippen molar-refractivity contribution in [2.24, 2.45) is 5.92 Å². The van der Waals surface area contributed by atoms with Gasteiger partial charge in [0.15, 0.2) is 0 Å². The van der Waals surface area contributed by atoms with Gasteiger partial charge in [0.25, 0.3) is 0 Å². The van der Waals surface area contributed by atoms with Gasteiger partial charge in [-0.2, -0.15) is 0 Å². The van der Waals surface area contributed by atoms with Crippen molar-refractivity contribution in [3.05, 3.63) is 0 Å². The SMILES string of the molecule is CCN(C(=O)C1CNC1)C(C)(C)C(=O)O. The molecule has 5 nitrogen and oxygen atoms in total. The highest BCUT2D eigenvalue weighted by Gasteiger charge is 2.40. The van der Waals surface area contributed by atoms with E-state index in [2.05, 4.69) is 5.32 Å². The van der Waals surface area contributed by atoms with Crippen LogP contribution in [0.5, 0.6) is 0 Å². The number of aliphatic carboxylic acids is 1. The molecule has 0 bridgehead atoms. The van der Waals surface area contributed by atoms with Crippen LogP contribution in [-0.4, -0.2) is 47.1 Å². The summed E-state index contributed by atoms with van der Waals surface area (Å²) >= 11 is 0. The lowest BCUT2D eigenvalue weighted by atomic mass is 9.96. The zero-order valence-corrected chi connectivity index (χ0v) is 9.41. The van der Waals surface area contributed by atoms with Crippen molar-refractivity contribution in [1.82, 2.24) is 10.2 Å². The molecule has 1 aliphatic rings. The average molecular weight is 214 g/mol. The van der Waals surface area contributed by atoms with E-state index in [1.54, 1.807) is 20.8 Å². The topological polar surface area (TPSA) is 69.6 Å². The van der Waals surface area contributed by atoms with Crippen LogP contribution in [0.15, 0.2) is 0 Å². The molecule has 0 spiro atoms. The third-order valence-corrected chi connectivity index (χ3v) is 2.91. The lowest BCUT2D eigenvalue weighted by molar-refractivity contribution is -0.159. The number of rotatable bonds is 4. The van der Waals surface area contributed by atoms with Crippen molar-refractivity contribution in [1.29, 1.82) is 0 Å². The van der Waals surface area contributed by atoms with Gasteiger partial charge in [-0.25, -0.2) is 4.79 Å². The molecule has 0 unspecified atom stereocenters. The molecule has 86 valence electrons. The average Bonchev–Trinajstić information content (AvgIpc) is 2.00. The van der Waals surface area contributed by atoms with Crippen molar-refractivity contribution in [3.8, 4) is 0 Å². The highest BCUT2D eigenvalue weighted by molar-refractivity contribution is 5.88. The van der Waals surface area contributed by atoms with Crippen LogP contribution in [0.4, 0.5) is 0 Å². The number of nitrogens with one attached hydrogen (secondary N) is 1. The molecule has 0 aliphatic carbocycles. The molecule has 0 aromatic heterocycles. The van der Waals surface area contributed by atoms with Gasteiger partial charge in [0.1, 0.15) is 5.54 Å². The highest BCUT2D eigenvalue weighted by Crippen LogP contribution is 2.19. The summed E-state index contributed by atoms with van der Waals surface area (Å²) in [7, 11) is 0. The first-order valence-electron chi connectivity index (χ1n) is 5.16. The highest BCUT2D eigenvalue weighted by atomic mass is 16.4. The summed E-state index contributed by atoms with van der Waals surface area (Å²) in [6.45, 7) is 6.66. The molecule has 1 amide bonds. The minimum atomic E-state index is -1.12. The van der Waals surface area contributed by atoms with Crippen LogP contribution in [-0.2, 0) is 9.59 Å². The Kier molecular flexibility index (Phi) is 3.34. The standard InChI is InChI=1S/C10H18N2O3/c1-4-12(10(2,3)9(14)15)8(13)7-5-11-6-7/h7,11H,4-6H2,1-3H3,(H,14,15). The molecule has 5 heteroatoms. The number of amides is 1. The largest absolute Gasteiger partial charge is 0.480 e. The molecule has 15 heavy (non-hydrogen) atoms. The summed E-state index contributed by atoms with van der Waals surface area (Å²) in [5, 5.41) is 12.1. The van der Waals surface area contributed by atoms with Crippen molar-refractivity contribution >= 4 is 11.9 Å². The minimum Gasteiger partial charge on any atom is -0.480 e. The van der Waals surface area contributed by atoms with Crippen LogP contribution in [0.1, 0.15) is 20.8 Å². The predicted octanol–water partition coefficient (Wildman–Crippen LogP) is -0.0825. The van der Waals surface area contributed by atoms with Gasteiger partial charge in [0.05, 0.1) is 5.92 Å². The predicted molar refractivity (Wildman–Crippen MR) is 55.5 cm³/mol. The monoisotopic (exact) mass is 214 g/mol. The zero-order chi connectivity index (χ0) is 11.6. The fourth-order valence-corrected chi connectivity index (χ4v) is 1.63. The fourth-order valence-electron chi connectivity index (χ4n) is 1.63. The molecule has 1 rings (SSSR count). The van der Waals surface area contributed by atoms with Gasteiger partial charge < -0.3 is 15.3 Å².